The summed E-state index contributed by atoms with van der Waals surface area (Å²) >= 11 is 0. The molecule has 0 spiro atoms. The number of fused-ring (bicyclic) bond motifs is 4. The number of urea groups is 1. The fourth-order valence-electron chi connectivity index (χ4n) is 3.41. The number of amides is 2. The van der Waals surface area contributed by atoms with Crippen molar-refractivity contribution in [2.24, 2.45) is 5.92 Å². The molecule has 126 valence electrons. The Hall–Kier alpha value is -1.95. The van der Waals surface area contributed by atoms with Crippen LogP contribution in [0.2, 0.25) is 0 Å². The van der Waals surface area contributed by atoms with Crippen molar-refractivity contribution in [3.8, 4) is 11.5 Å². The summed E-state index contributed by atoms with van der Waals surface area (Å²) in [6.45, 7) is 5.13. The Morgan fingerprint density at radius 3 is 2.87 bits per heavy atom. The number of benzene rings is 1. The van der Waals surface area contributed by atoms with Gasteiger partial charge in [-0.15, -0.1) is 0 Å². The highest BCUT2D eigenvalue weighted by molar-refractivity contribution is 5.77. The molecule has 2 unspecified atom stereocenters. The van der Waals surface area contributed by atoms with E-state index in [0.717, 1.165) is 17.1 Å². The van der Waals surface area contributed by atoms with E-state index in [1.165, 1.54) is 0 Å². The molecule has 2 atom stereocenters. The summed E-state index contributed by atoms with van der Waals surface area (Å²) in [6.07, 6.45) is 0.652. The zero-order valence-corrected chi connectivity index (χ0v) is 14.1. The van der Waals surface area contributed by atoms with Crippen LogP contribution in [0.15, 0.2) is 18.2 Å². The molecule has 2 amide bonds. The maximum Gasteiger partial charge on any atom is 0.321 e. The Balaban J connectivity index is 2.02. The van der Waals surface area contributed by atoms with Crippen LogP contribution in [0.4, 0.5) is 4.79 Å². The third-order valence-electron chi connectivity index (χ3n) is 4.37. The number of carbonyl (C=O) groups excluding carboxylic acids is 1. The van der Waals surface area contributed by atoms with Gasteiger partial charge >= 0.3 is 6.03 Å². The SMILES string of the molecule is COCC12CC(NC(=O)N1CC(C)C)c1cc(OC)ccc1O2. The second-order valence-corrected chi connectivity index (χ2v) is 6.60. The summed E-state index contributed by atoms with van der Waals surface area (Å²) in [6, 6.07) is 5.49. The molecule has 0 aromatic heterocycles. The molecule has 6 nitrogen and oxygen atoms in total. The van der Waals surface area contributed by atoms with Crippen LogP contribution in [0.1, 0.15) is 31.9 Å². The lowest BCUT2D eigenvalue weighted by molar-refractivity contribution is -0.137. The molecule has 3 rings (SSSR count). The van der Waals surface area contributed by atoms with Gasteiger partial charge in [0.2, 0.25) is 5.72 Å². The number of hydrogen-bond donors (Lipinski definition) is 1. The molecule has 2 bridgehead atoms. The average molecular weight is 320 g/mol. The Kier molecular flexibility index (Phi) is 4.10. The quantitative estimate of drug-likeness (QED) is 0.906. The van der Waals surface area contributed by atoms with E-state index in [9.17, 15) is 4.79 Å². The van der Waals surface area contributed by atoms with Gasteiger partial charge in [-0.25, -0.2) is 4.79 Å². The highest BCUT2D eigenvalue weighted by Crippen LogP contribution is 2.45. The van der Waals surface area contributed by atoms with E-state index in [4.69, 9.17) is 14.2 Å². The largest absolute Gasteiger partial charge is 0.497 e. The molecule has 1 aromatic carbocycles. The zero-order chi connectivity index (χ0) is 16.6. The van der Waals surface area contributed by atoms with Gasteiger partial charge in [0.15, 0.2) is 0 Å². The first kappa shape index (κ1) is 15.9. The highest BCUT2D eigenvalue weighted by Gasteiger charge is 2.52. The Bertz CT molecular complexity index is 604. The van der Waals surface area contributed by atoms with Crippen LogP contribution >= 0.6 is 0 Å². The fourth-order valence-corrected chi connectivity index (χ4v) is 3.41. The minimum absolute atomic E-state index is 0.0973. The molecule has 6 heteroatoms. The summed E-state index contributed by atoms with van der Waals surface area (Å²) in [7, 11) is 3.27. The average Bonchev–Trinajstić information content (AvgIpc) is 2.51. The Morgan fingerprint density at radius 2 is 2.22 bits per heavy atom. The molecule has 2 aliphatic rings. The number of nitrogens with one attached hydrogen (secondary N) is 1. The fraction of sp³-hybridized carbons (Fsp3) is 0.588. The van der Waals surface area contributed by atoms with Gasteiger partial charge in [0.05, 0.1) is 13.2 Å². The van der Waals surface area contributed by atoms with Crippen molar-refractivity contribution in [1.82, 2.24) is 10.2 Å². The minimum atomic E-state index is -0.756. The molecular formula is C17H24N2O4. The van der Waals surface area contributed by atoms with Gasteiger partial charge < -0.3 is 19.5 Å². The monoisotopic (exact) mass is 320 g/mol. The normalized spacial score (nSPS) is 25.7. The highest BCUT2D eigenvalue weighted by atomic mass is 16.6. The summed E-state index contributed by atoms with van der Waals surface area (Å²) in [5.41, 5.74) is 0.196. The van der Waals surface area contributed by atoms with Crippen LogP contribution in [0.25, 0.3) is 0 Å². The summed E-state index contributed by atoms with van der Waals surface area (Å²) in [5.74, 6) is 1.87. The van der Waals surface area contributed by atoms with Crippen molar-refractivity contribution in [2.75, 3.05) is 27.4 Å². The first-order valence-electron chi connectivity index (χ1n) is 7.93. The number of methoxy groups -OCH3 is 2. The van der Waals surface area contributed by atoms with Gasteiger partial charge in [-0.3, -0.25) is 4.90 Å². The van der Waals surface area contributed by atoms with Crippen LogP contribution in [-0.4, -0.2) is 44.0 Å². The smallest absolute Gasteiger partial charge is 0.321 e. The number of rotatable bonds is 5. The molecule has 1 saturated heterocycles. The molecule has 0 aliphatic carbocycles. The van der Waals surface area contributed by atoms with Crippen molar-refractivity contribution in [3.05, 3.63) is 23.8 Å². The lowest BCUT2D eigenvalue weighted by atomic mass is 9.89. The summed E-state index contributed by atoms with van der Waals surface area (Å²) < 4.78 is 17.0. The van der Waals surface area contributed by atoms with Crippen molar-refractivity contribution < 1.29 is 19.0 Å². The van der Waals surface area contributed by atoms with Gasteiger partial charge in [-0.05, 0) is 24.1 Å². The second kappa shape index (κ2) is 5.92. The molecule has 23 heavy (non-hydrogen) atoms. The molecule has 1 aromatic rings. The van der Waals surface area contributed by atoms with Crippen molar-refractivity contribution >= 4 is 6.03 Å². The number of ether oxygens (including phenoxy) is 3. The minimum Gasteiger partial charge on any atom is -0.497 e. The first-order valence-corrected chi connectivity index (χ1v) is 7.93. The van der Waals surface area contributed by atoms with E-state index in [2.05, 4.69) is 19.2 Å². The topological polar surface area (TPSA) is 60.0 Å². The predicted molar refractivity (Wildman–Crippen MR) is 85.7 cm³/mol. The number of carbonyl (C=O) groups is 1. The molecule has 2 heterocycles. The van der Waals surface area contributed by atoms with Gasteiger partial charge in [-0.2, -0.15) is 0 Å². The van der Waals surface area contributed by atoms with Crippen LogP contribution in [-0.2, 0) is 4.74 Å². The molecule has 2 aliphatic heterocycles. The van der Waals surface area contributed by atoms with Crippen LogP contribution < -0.4 is 14.8 Å². The molecule has 0 saturated carbocycles. The molecule has 1 N–H and O–H groups in total. The van der Waals surface area contributed by atoms with Crippen LogP contribution in [0, 0.1) is 5.92 Å². The number of hydrogen-bond acceptors (Lipinski definition) is 4. The van der Waals surface area contributed by atoms with E-state index in [1.54, 1.807) is 19.1 Å². The van der Waals surface area contributed by atoms with E-state index in [0.29, 0.717) is 25.5 Å². The third kappa shape index (κ3) is 2.72. The number of nitrogens with zero attached hydrogens (tertiary/aromatic N) is 1. The van der Waals surface area contributed by atoms with Gasteiger partial charge in [0, 0.05) is 25.6 Å². The van der Waals surface area contributed by atoms with E-state index in [-0.39, 0.29) is 12.1 Å². The first-order chi connectivity index (χ1) is 11.0. The maximum atomic E-state index is 12.6. The molecule has 0 radical (unpaired) electrons. The van der Waals surface area contributed by atoms with E-state index >= 15 is 0 Å². The van der Waals surface area contributed by atoms with Gasteiger partial charge in [0.1, 0.15) is 18.1 Å². The molecular weight excluding hydrogens is 296 g/mol. The predicted octanol–water partition coefficient (Wildman–Crippen LogP) is 2.54. The van der Waals surface area contributed by atoms with Crippen molar-refractivity contribution in [1.29, 1.82) is 0 Å². The second-order valence-electron chi connectivity index (χ2n) is 6.60. The lowest BCUT2D eigenvalue weighted by Crippen LogP contribution is -2.68. The van der Waals surface area contributed by atoms with Gasteiger partial charge in [-0.1, -0.05) is 13.8 Å². The van der Waals surface area contributed by atoms with Crippen LogP contribution in [0.3, 0.4) is 0 Å². The Morgan fingerprint density at radius 1 is 1.43 bits per heavy atom. The summed E-state index contributed by atoms with van der Waals surface area (Å²) in [4.78, 5) is 14.4. The molecule has 1 fully saturated rings. The standard InChI is InChI=1S/C17H24N2O4/c1-11(2)9-19-16(20)18-14-8-17(19,10-21-3)23-15-6-5-12(22-4)7-13(14)15/h5-7,11,14H,8-10H2,1-4H3,(H,18,20). The lowest BCUT2D eigenvalue weighted by Gasteiger charge is -2.52. The van der Waals surface area contributed by atoms with Crippen molar-refractivity contribution in [2.45, 2.75) is 32.0 Å². The zero-order valence-electron chi connectivity index (χ0n) is 14.1. The maximum absolute atomic E-state index is 12.6. The Labute approximate surface area is 136 Å². The van der Waals surface area contributed by atoms with Gasteiger partial charge in [0.25, 0.3) is 0 Å². The van der Waals surface area contributed by atoms with Crippen molar-refractivity contribution in [3.63, 3.8) is 0 Å². The van der Waals surface area contributed by atoms with Crippen LogP contribution in [0.5, 0.6) is 11.5 Å². The van der Waals surface area contributed by atoms with E-state index in [1.807, 2.05) is 18.2 Å². The third-order valence-corrected chi connectivity index (χ3v) is 4.37. The summed E-state index contributed by atoms with van der Waals surface area (Å²) in [5, 5.41) is 3.09. The van der Waals surface area contributed by atoms with E-state index < -0.39 is 5.72 Å².